The van der Waals surface area contributed by atoms with Crippen LogP contribution < -0.4 is 5.56 Å². The van der Waals surface area contributed by atoms with Crippen LogP contribution in [-0.4, -0.2) is 19.6 Å². The fraction of sp³-hybridized carbons (Fsp3) is 0. The van der Waals surface area contributed by atoms with E-state index in [9.17, 15) is 9.18 Å². The number of benzene rings is 1. The van der Waals surface area contributed by atoms with Gasteiger partial charge in [0.15, 0.2) is 5.65 Å². The number of hydrogen-bond donors (Lipinski definition) is 1. The molecule has 0 atom stereocenters. The molecule has 23 heavy (non-hydrogen) atoms. The summed E-state index contributed by atoms with van der Waals surface area (Å²) in [7, 11) is 0. The maximum absolute atomic E-state index is 13.4. The molecular formula is C17H11FN4O. The normalized spacial score (nSPS) is 11.0. The molecule has 0 bridgehead atoms. The van der Waals surface area contributed by atoms with E-state index < -0.39 is 0 Å². The van der Waals surface area contributed by atoms with Gasteiger partial charge in [0.2, 0.25) is 0 Å². The average molecular weight is 306 g/mol. The summed E-state index contributed by atoms with van der Waals surface area (Å²) >= 11 is 0. The molecule has 0 aliphatic carbocycles. The van der Waals surface area contributed by atoms with Crippen molar-refractivity contribution in [2.24, 2.45) is 0 Å². The summed E-state index contributed by atoms with van der Waals surface area (Å²) < 4.78 is 14.8. The quantitative estimate of drug-likeness (QED) is 0.619. The van der Waals surface area contributed by atoms with Gasteiger partial charge in [0.25, 0.3) is 5.56 Å². The zero-order chi connectivity index (χ0) is 15.8. The van der Waals surface area contributed by atoms with Gasteiger partial charge in [0.05, 0.1) is 17.0 Å². The Morgan fingerprint density at radius 2 is 1.96 bits per heavy atom. The van der Waals surface area contributed by atoms with E-state index in [4.69, 9.17) is 0 Å². The zero-order valence-corrected chi connectivity index (χ0v) is 11.9. The van der Waals surface area contributed by atoms with Crippen molar-refractivity contribution in [3.8, 4) is 22.5 Å². The lowest BCUT2D eigenvalue weighted by molar-refractivity contribution is 0.628. The molecule has 1 N–H and O–H groups in total. The minimum atomic E-state index is -0.372. The third-order valence-corrected chi connectivity index (χ3v) is 3.56. The molecule has 0 radical (unpaired) electrons. The van der Waals surface area contributed by atoms with Crippen LogP contribution in [0.1, 0.15) is 0 Å². The fourth-order valence-corrected chi connectivity index (χ4v) is 2.49. The van der Waals surface area contributed by atoms with Crippen molar-refractivity contribution in [2.45, 2.75) is 0 Å². The highest BCUT2D eigenvalue weighted by molar-refractivity contribution is 5.76. The first kappa shape index (κ1) is 13.4. The Morgan fingerprint density at radius 3 is 2.74 bits per heavy atom. The molecule has 0 aliphatic rings. The van der Waals surface area contributed by atoms with Gasteiger partial charge >= 0.3 is 0 Å². The van der Waals surface area contributed by atoms with Gasteiger partial charge in [0.1, 0.15) is 5.82 Å². The number of hydrogen-bond acceptors (Lipinski definition) is 3. The number of aromatic nitrogens is 4. The second-order valence-corrected chi connectivity index (χ2v) is 5.05. The average Bonchev–Trinajstić information content (AvgIpc) is 3.00. The molecule has 6 heteroatoms. The van der Waals surface area contributed by atoms with Gasteiger partial charge in [-0.3, -0.25) is 14.9 Å². The van der Waals surface area contributed by atoms with Crippen LogP contribution in [0.5, 0.6) is 0 Å². The third-order valence-electron chi connectivity index (χ3n) is 3.56. The van der Waals surface area contributed by atoms with Crippen LogP contribution in [0.4, 0.5) is 4.39 Å². The van der Waals surface area contributed by atoms with E-state index in [1.54, 1.807) is 24.5 Å². The van der Waals surface area contributed by atoms with Crippen molar-refractivity contribution in [1.82, 2.24) is 19.6 Å². The molecule has 0 spiro atoms. The lowest BCUT2D eigenvalue weighted by Crippen LogP contribution is -2.14. The van der Waals surface area contributed by atoms with E-state index in [0.717, 1.165) is 0 Å². The van der Waals surface area contributed by atoms with Gasteiger partial charge in [0, 0.05) is 24.0 Å². The molecule has 0 saturated heterocycles. The molecule has 0 amide bonds. The Balaban J connectivity index is 1.98. The van der Waals surface area contributed by atoms with Crippen LogP contribution in [-0.2, 0) is 0 Å². The number of aromatic amines is 1. The Labute approximate surface area is 130 Å². The summed E-state index contributed by atoms with van der Waals surface area (Å²) in [5, 5.41) is 2.87. The Kier molecular flexibility index (Phi) is 3.01. The van der Waals surface area contributed by atoms with E-state index in [2.05, 4.69) is 15.1 Å². The van der Waals surface area contributed by atoms with Crippen LogP contribution in [0, 0.1) is 5.82 Å². The fourth-order valence-electron chi connectivity index (χ4n) is 2.49. The highest BCUT2D eigenvalue weighted by atomic mass is 19.1. The third kappa shape index (κ3) is 2.30. The summed E-state index contributed by atoms with van der Waals surface area (Å²) in [6.07, 6.45) is 3.36. The van der Waals surface area contributed by atoms with E-state index in [1.165, 1.54) is 22.7 Å². The van der Waals surface area contributed by atoms with Gasteiger partial charge in [-0.1, -0.05) is 18.2 Å². The lowest BCUT2D eigenvalue weighted by Gasteiger charge is -2.03. The second-order valence-electron chi connectivity index (χ2n) is 5.05. The molecular weight excluding hydrogens is 295 g/mol. The predicted molar refractivity (Wildman–Crippen MR) is 84.4 cm³/mol. The summed E-state index contributed by atoms with van der Waals surface area (Å²) in [6.45, 7) is 0. The standard InChI is InChI=1S/C17H11FN4O/c18-12-5-3-4-11(8-12)15-9-16(23)22-17(21-15)13(10-20-22)14-6-1-2-7-19-14/h1-10,20H. The molecule has 0 fully saturated rings. The number of nitrogens with one attached hydrogen (secondary N) is 1. The maximum atomic E-state index is 13.4. The molecule has 112 valence electrons. The Hall–Kier alpha value is -3.28. The topological polar surface area (TPSA) is 63.0 Å². The lowest BCUT2D eigenvalue weighted by atomic mass is 10.1. The number of H-pyrrole nitrogens is 1. The number of rotatable bonds is 2. The summed E-state index contributed by atoms with van der Waals surface area (Å²) in [5.41, 5.74) is 2.58. The number of pyridine rings is 1. The minimum absolute atomic E-state index is 0.267. The molecule has 3 heterocycles. The molecule has 0 aliphatic heterocycles. The smallest absolute Gasteiger partial charge is 0.273 e. The molecule has 4 rings (SSSR count). The van der Waals surface area contributed by atoms with Gasteiger partial charge < -0.3 is 0 Å². The SMILES string of the molecule is O=c1cc(-c2cccc(F)c2)nc2c(-c3ccccn3)c[nH]n12. The molecule has 4 aromatic rings. The van der Waals surface area contributed by atoms with E-state index >= 15 is 0 Å². The van der Waals surface area contributed by atoms with Crippen LogP contribution in [0.3, 0.4) is 0 Å². The highest BCUT2D eigenvalue weighted by Crippen LogP contribution is 2.23. The van der Waals surface area contributed by atoms with Gasteiger partial charge in [-0.05, 0) is 24.3 Å². The first-order chi connectivity index (χ1) is 11.2. The van der Waals surface area contributed by atoms with Crippen LogP contribution >= 0.6 is 0 Å². The zero-order valence-electron chi connectivity index (χ0n) is 11.9. The van der Waals surface area contributed by atoms with Crippen LogP contribution in [0.25, 0.3) is 28.2 Å². The number of fused-ring (bicyclic) bond motifs is 1. The minimum Gasteiger partial charge on any atom is -0.296 e. The second kappa shape index (κ2) is 5.17. The summed E-state index contributed by atoms with van der Waals surface area (Å²) in [5.74, 6) is -0.372. The van der Waals surface area contributed by atoms with Gasteiger partial charge in [-0.2, -0.15) is 0 Å². The first-order valence-electron chi connectivity index (χ1n) is 7.01. The van der Waals surface area contributed by atoms with Crippen LogP contribution in [0.15, 0.2) is 65.7 Å². The Bertz CT molecular complexity index is 1050. The molecule has 1 aromatic carbocycles. The van der Waals surface area contributed by atoms with Crippen molar-refractivity contribution in [1.29, 1.82) is 0 Å². The van der Waals surface area contributed by atoms with E-state index in [-0.39, 0.29) is 11.4 Å². The predicted octanol–water partition coefficient (Wildman–Crippen LogP) is 2.89. The van der Waals surface area contributed by atoms with Crippen molar-refractivity contribution in [2.75, 3.05) is 0 Å². The van der Waals surface area contributed by atoms with E-state index in [1.807, 2.05) is 18.2 Å². The van der Waals surface area contributed by atoms with Gasteiger partial charge in [-0.25, -0.2) is 13.9 Å². The molecule has 3 aromatic heterocycles. The molecule has 5 nitrogen and oxygen atoms in total. The monoisotopic (exact) mass is 306 g/mol. The van der Waals surface area contributed by atoms with Crippen molar-refractivity contribution in [3.05, 3.63) is 77.1 Å². The maximum Gasteiger partial charge on any atom is 0.273 e. The van der Waals surface area contributed by atoms with Crippen LogP contribution in [0.2, 0.25) is 0 Å². The largest absolute Gasteiger partial charge is 0.296 e. The molecule has 0 unspecified atom stereocenters. The number of nitrogens with zero attached hydrogens (tertiary/aromatic N) is 3. The number of halogens is 1. The van der Waals surface area contributed by atoms with E-state index in [0.29, 0.717) is 28.2 Å². The van der Waals surface area contributed by atoms with Crippen molar-refractivity contribution < 1.29 is 4.39 Å². The van der Waals surface area contributed by atoms with Crippen molar-refractivity contribution in [3.63, 3.8) is 0 Å². The Morgan fingerprint density at radius 1 is 1.04 bits per heavy atom. The highest BCUT2D eigenvalue weighted by Gasteiger charge is 2.12. The summed E-state index contributed by atoms with van der Waals surface area (Å²) in [4.78, 5) is 21.1. The van der Waals surface area contributed by atoms with Crippen molar-refractivity contribution >= 4 is 5.65 Å². The molecule has 0 saturated carbocycles. The summed E-state index contributed by atoms with van der Waals surface area (Å²) in [6, 6.07) is 12.9. The van der Waals surface area contributed by atoms with Gasteiger partial charge in [-0.15, -0.1) is 0 Å². The first-order valence-corrected chi connectivity index (χ1v) is 7.01.